The first-order valence-electron chi connectivity index (χ1n) is 39.5. The Morgan fingerprint density at radius 2 is 0.802 bits per heavy atom. The largest absolute Gasteiger partial charge is 0.472 e. The van der Waals surface area contributed by atoms with Gasteiger partial charge in [-0.1, -0.05) is 250 Å². The van der Waals surface area contributed by atoms with Crippen LogP contribution in [0.5, 0.6) is 0 Å². The molecule has 6 aromatic rings. The van der Waals surface area contributed by atoms with Gasteiger partial charge in [0.25, 0.3) is 5.69 Å². The number of aryl methyl sites for hydroxylation is 1. The van der Waals surface area contributed by atoms with E-state index in [9.17, 15) is 38.9 Å². The molecule has 3 aromatic carbocycles. The number of rotatable bonds is 49. The van der Waals surface area contributed by atoms with E-state index in [-0.39, 0.29) is 5.69 Å². The maximum absolute atomic E-state index is 11.1. The zero-order chi connectivity index (χ0) is 77.6. The van der Waals surface area contributed by atoms with Crippen LogP contribution >= 0.6 is 11.3 Å². The van der Waals surface area contributed by atoms with Crippen molar-refractivity contribution in [3.8, 4) is 6.07 Å². The summed E-state index contributed by atoms with van der Waals surface area (Å²) in [6.07, 6.45) is 65.5. The van der Waals surface area contributed by atoms with Gasteiger partial charge in [0.1, 0.15) is 37.7 Å². The van der Waals surface area contributed by atoms with Crippen LogP contribution in [0.15, 0.2) is 171 Å². The van der Waals surface area contributed by atoms with Crippen molar-refractivity contribution in [1.29, 1.82) is 5.26 Å². The summed E-state index contributed by atoms with van der Waals surface area (Å²) in [5.41, 5.74) is 12.9. The predicted octanol–water partition coefficient (Wildman–Crippen LogP) is 26.9. The summed E-state index contributed by atoms with van der Waals surface area (Å²) in [6, 6.07) is 31.7. The van der Waals surface area contributed by atoms with Crippen LogP contribution in [0, 0.1) is 28.4 Å². The minimum Gasteiger partial charge on any atom is -0.472 e. The standard InChI is InChI=1S/C17H21NO.C17H24O.C16H21NO3.C15H21NO.C14H20O2.C14H20OS/c1-2-3-4-5-6-8-17(14-19)12-15-9-7-10-16(11-15)13-18;1-3-4-5-6-7-11-16(14-18)13-17-12-9-8-10-15(17)2;1-2-3-4-5-6-8-15(13-18)11-14-9-7-10-16(12-14)17(19)20;1-2-3-4-5-6-8-15(13-17)11-14-9-7-10-16-12-14;2*1-2-3-4-5-6-7-13(11-15)10-14-8-9-16-12-14/h7,9-12,14H,2-6,8H2,1H3;8-10,12-14H,3-7,11H2,1-2H3;7,9-13H,2-6,8H2,1H3;7,9-13H,2-6,8H2,1H3;2*8-12H,2-7H2,1H3/b17-12+;16-13+;2*15-11+;2*13-10+. The lowest BCUT2D eigenvalue weighted by molar-refractivity contribution is -0.384. The van der Waals surface area contributed by atoms with Gasteiger partial charge in [0, 0.05) is 30.1 Å². The second kappa shape index (κ2) is 68.0. The summed E-state index contributed by atoms with van der Waals surface area (Å²) in [4.78, 5) is 80.1. The summed E-state index contributed by atoms with van der Waals surface area (Å²) < 4.78 is 4.96. The molecule has 106 heavy (non-hydrogen) atoms. The molecular formula is C93H127N3O9S. The zero-order valence-electron chi connectivity index (χ0n) is 65.5. The molecule has 0 atom stereocenters. The van der Waals surface area contributed by atoms with Gasteiger partial charge in [0.2, 0.25) is 0 Å². The Morgan fingerprint density at radius 1 is 0.425 bits per heavy atom. The fraction of sp³-hybridized carbons (Fsp3) is 0.462. The first-order chi connectivity index (χ1) is 51.8. The molecule has 13 heteroatoms. The molecule has 574 valence electrons. The Labute approximate surface area is 642 Å². The van der Waals surface area contributed by atoms with Gasteiger partial charge in [-0.3, -0.25) is 43.9 Å². The number of nitro benzene ring substituents is 1. The number of hydrogen-bond donors (Lipinski definition) is 0. The maximum Gasteiger partial charge on any atom is 0.270 e. The number of unbranched alkanes of at least 4 members (excludes halogenated alkanes) is 24. The van der Waals surface area contributed by atoms with E-state index in [4.69, 9.17) is 9.68 Å². The average Bonchev–Trinajstić information content (AvgIpc) is 1.28. The van der Waals surface area contributed by atoms with Crippen molar-refractivity contribution < 1.29 is 38.1 Å². The molecule has 6 rings (SSSR count). The number of benzene rings is 3. The number of carbonyl (C=O) groups excluding carboxylic acids is 6. The first-order valence-corrected chi connectivity index (χ1v) is 40.5. The smallest absolute Gasteiger partial charge is 0.270 e. The molecule has 3 heterocycles. The van der Waals surface area contributed by atoms with Crippen LogP contribution in [0.4, 0.5) is 5.69 Å². The number of allylic oxidation sites excluding steroid dienone is 6. The van der Waals surface area contributed by atoms with Crippen LogP contribution in [0.1, 0.15) is 317 Å². The van der Waals surface area contributed by atoms with Crippen LogP contribution in [0.3, 0.4) is 0 Å². The second-order valence-corrected chi connectivity index (χ2v) is 27.6. The third kappa shape index (κ3) is 51.4. The number of hydrogen-bond acceptors (Lipinski definition) is 12. The number of aromatic nitrogens is 1. The predicted molar refractivity (Wildman–Crippen MR) is 447 cm³/mol. The normalized spacial score (nSPS) is 11.5. The third-order valence-corrected chi connectivity index (χ3v) is 18.2. The van der Waals surface area contributed by atoms with Crippen LogP contribution in [-0.2, 0) is 28.8 Å². The quantitative estimate of drug-likeness (QED) is 0.0116. The molecule has 0 aliphatic rings. The fourth-order valence-electron chi connectivity index (χ4n) is 11.2. The molecule has 0 N–H and O–H groups in total. The Hall–Kier alpha value is -8.86. The van der Waals surface area contributed by atoms with Crippen molar-refractivity contribution in [2.75, 3.05) is 0 Å². The Bertz CT molecular complexity index is 3430. The zero-order valence-corrected chi connectivity index (χ0v) is 66.3. The molecule has 0 bridgehead atoms. The Balaban J connectivity index is 0.000000637. The highest BCUT2D eigenvalue weighted by molar-refractivity contribution is 7.08. The van der Waals surface area contributed by atoms with E-state index >= 15 is 0 Å². The molecule has 0 aliphatic carbocycles. The van der Waals surface area contributed by atoms with E-state index < -0.39 is 4.92 Å². The van der Waals surface area contributed by atoms with Crippen molar-refractivity contribution >= 4 is 91.2 Å². The number of furan rings is 1. The summed E-state index contributed by atoms with van der Waals surface area (Å²) >= 11 is 1.67. The number of aldehydes is 6. The molecule has 12 nitrogen and oxygen atoms in total. The molecule has 0 fully saturated rings. The van der Waals surface area contributed by atoms with Crippen LogP contribution in [0.25, 0.3) is 36.5 Å². The van der Waals surface area contributed by atoms with Crippen LogP contribution in [0.2, 0.25) is 0 Å². The number of nitriles is 1. The van der Waals surface area contributed by atoms with Gasteiger partial charge < -0.3 is 4.42 Å². The van der Waals surface area contributed by atoms with Gasteiger partial charge in [0.05, 0.1) is 29.1 Å². The van der Waals surface area contributed by atoms with Crippen molar-refractivity contribution in [1.82, 2.24) is 4.98 Å². The topological polar surface area (TPSA) is 195 Å². The summed E-state index contributed by atoms with van der Waals surface area (Å²) in [5.74, 6) is 0. The number of non-ortho nitro benzene ring substituents is 1. The van der Waals surface area contributed by atoms with Gasteiger partial charge >= 0.3 is 0 Å². The monoisotopic (exact) mass is 1460 g/mol. The average molecular weight is 1460 g/mol. The first kappa shape index (κ1) is 95.2. The number of nitrogens with zero attached hydrogens (tertiary/aromatic N) is 3. The highest BCUT2D eigenvalue weighted by Crippen LogP contribution is 2.22. The van der Waals surface area contributed by atoms with E-state index in [0.717, 1.165) is 177 Å². The van der Waals surface area contributed by atoms with Gasteiger partial charge in [-0.05, 0) is 228 Å². The second-order valence-electron chi connectivity index (χ2n) is 26.9. The van der Waals surface area contributed by atoms with E-state index in [1.165, 1.54) is 165 Å². The highest BCUT2D eigenvalue weighted by Gasteiger charge is 2.07. The number of thiophene rings is 1. The lowest BCUT2D eigenvalue weighted by Gasteiger charge is -2.03. The molecule has 3 aromatic heterocycles. The fourth-order valence-corrected chi connectivity index (χ4v) is 11.8. The van der Waals surface area contributed by atoms with Crippen LogP contribution < -0.4 is 0 Å². The third-order valence-electron chi connectivity index (χ3n) is 17.5. The van der Waals surface area contributed by atoms with Crippen molar-refractivity contribution in [2.45, 2.75) is 280 Å². The number of pyridine rings is 1. The number of nitro groups is 1. The highest BCUT2D eigenvalue weighted by atomic mass is 32.1. The lowest BCUT2D eigenvalue weighted by atomic mass is 10.0. The van der Waals surface area contributed by atoms with Gasteiger partial charge in [-0.25, -0.2) is 0 Å². The molecule has 0 unspecified atom stereocenters. The van der Waals surface area contributed by atoms with E-state index in [1.807, 2.05) is 84.3 Å². The van der Waals surface area contributed by atoms with E-state index in [2.05, 4.69) is 77.0 Å². The van der Waals surface area contributed by atoms with Crippen molar-refractivity contribution in [3.05, 3.63) is 221 Å². The van der Waals surface area contributed by atoms with E-state index in [1.54, 1.807) is 66.6 Å². The van der Waals surface area contributed by atoms with Crippen molar-refractivity contribution in [3.63, 3.8) is 0 Å². The summed E-state index contributed by atoms with van der Waals surface area (Å²) in [5, 5.41) is 23.6. The summed E-state index contributed by atoms with van der Waals surface area (Å²) in [7, 11) is 0. The van der Waals surface area contributed by atoms with Crippen LogP contribution in [-0.4, -0.2) is 47.6 Å². The summed E-state index contributed by atoms with van der Waals surface area (Å²) in [6.45, 7) is 15.3. The number of carbonyl (C=O) groups is 6. The molecule has 0 radical (unpaired) electrons. The van der Waals surface area contributed by atoms with Gasteiger partial charge in [0.15, 0.2) is 0 Å². The maximum atomic E-state index is 11.1. The van der Waals surface area contributed by atoms with Crippen molar-refractivity contribution in [2.24, 2.45) is 0 Å². The minimum absolute atomic E-state index is 0.0481. The minimum atomic E-state index is -0.428. The molecule has 0 saturated heterocycles. The molecule has 0 amide bonds. The molecule has 0 aliphatic heterocycles. The van der Waals surface area contributed by atoms with Gasteiger partial charge in [-0.2, -0.15) is 16.6 Å². The molecule has 0 saturated carbocycles. The Kier molecular flexibility index (Phi) is 61.0. The molecular weight excluding hydrogens is 1340 g/mol. The Morgan fingerprint density at radius 3 is 1.16 bits per heavy atom. The lowest BCUT2D eigenvalue weighted by Crippen LogP contribution is -1.90. The SMILES string of the molecule is CCCCCCC/C(C=O)=C\c1cccc(C#N)c1.CCCCCCC/C(C=O)=C\c1cccc([N+](=O)[O-])c1.CCCCCCC/C(C=O)=C\c1ccccc1C.CCCCCCC/C(C=O)=C\c1cccnc1.CCCCCCC/C(C=O)=C\c1ccoc1.CCCCCCC/C(C=O)=C\c1ccsc1. The van der Waals surface area contributed by atoms with Gasteiger partial charge in [-0.15, -0.1) is 0 Å². The molecule has 0 spiro atoms. The van der Waals surface area contributed by atoms with E-state index in [0.29, 0.717) is 16.7 Å².